The second-order valence-electron chi connectivity index (χ2n) is 3.95. The van der Waals surface area contributed by atoms with E-state index in [1.54, 1.807) is 13.3 Å². The second-order valence-corrected chi connectivity index (χ2v) is 4.31. The molecule has 5 heteroatoms. The summed E-state index contributed by atoms with van der Waals surface area (Å²) in [5, 5.41) is 2.39. The molecule has 0 fully saturated rings. The minimum atomic E-state index is 0.304. The molecule has 0 spiro atoms. The Morgan fingerprint density at radius 3 is 2.89 bits per heavy atom. The van der Waals surface area contributed by atoms with Crippen molar-refractivity contribution in [3.05, 3.63) is 48.1 Å². The maximum Gasteiger partial charge on any atom is 0.182 e. The van der Waals surface area contributed by atoms with E-state index in [2.05, 4.69) is 15.0 Å². The van der Waals surface area contributed by atoms with Gasteiger partial charge in [0.05, 0.1) is 7.11 Å². The molecule has 0 atom stereocenters. The Morgan fingerprint density at radius 2 is 2.05 bits per heavy atom. The van der Waals surface area contributed by atoms with Crippen LogP contribution in [0.2, 0.25) is 5.15 Å². The van der Waals surface area contributed by atoms with Gasteiger partial charge in [-0.1, -0.05) is 29.8 Å². The Hall–Kier alpha value is -2.20. The number of nitrogens with zero attached hydrogens (tertiary/aromatic N) is 3. The molecular formula is C14H10ClN3O. The zero-order chi connectivity index (χ0) is 13.2. The molecule has 94 valence electrons. The molecule has 0 bridgehead atoms. The molecule has 3 aromatic rings. The second kappa shape index (κ2) is 4.82. The molecule has 0 aliphatic rings. The summed E-state index contributed by atoms with van der Waals surface area (Å²) in [7, 11) is 1.56. The molecule has 0 saturated carbocycles. The summed E-state index contributed by atoms with van der Waals surface area (Å²) in [6, 6.07) is 7.87. The summed E-state index contributed by atoms with van der Waals surface area (Å²) in [6.45, 7) is 0. The Morgan fingerprint density at radius 1 is 1.16 bits per heavy atom. The number of aromatic nitrogens is 3. The average molecular weight is 272 g/mol. The standard InChI is InChI=1S/C14H10ClN3O/c1-19-13-12(17-8-18-14(13)15)11-4-2-3-9-7-16-6-5-10(9)11/h2-8H,1H3. The molecule has 0 radical (unpaired) electrons. The quantitative estimate of drug-likeness (QED) is 0.671. The van der Waals surface area contributed by atoms with Gasteiger partial charge in [0.15, 0.2) is 10.9 Å². The fraction of sp³-hybridized carbons (Fsp3) is 0.0714. The van der Waals surface area contributed by atoms with Crippen molar-refractivity contribution in [2.24, 2.45) is 0 Å². The van der Waals surface area contributed by atoms with Gasteiger partial charge in [0.25, 0.3) is 0 Å². The molecule has 0 unspecified atom stereocenters. The molecule has 1 aromatic carbocycles. The third kappa shape index (κ3) is 2.00. The van der Waals surface area contributed by atoms with Crippen molar-refractivity contribution in [3.63, 3.8) is 0 Å². The van der Waals surface area contributed by atoms with Crippen LogP contribution in [0.5, 0.6) is 5.75 Å². The van der Waals surface area contributed by atoms with E-state index in [9.17, 15) is 0 Å². The lowest BCUT2D eigenvalue weighted by atomic mass is 10.0. The molecule has 19 heavy (non-hydrogen) atoms. The normalized spacial score (nSPS) is 10.6. The van der Waals surface area contributed by atoms with E-state index in [-0.39, 0.29) is 0 Å². The number of methoxy groups -OCH3 is 1. The zero-order valence-electron chi connectivity index (χ0n) is 10.2. The van der Waals surface area contributed by atoms with Crippen LogP contribution in [0.1, 0.15) is 0 Å². The lowest BCUT2D eigenvalue weighted by Crippen LogP contribution is -1.95. The van der Waals surface area contributed by atoms with Crippen molar-refractivity contribution in [2.75, 3.05) is 7.11 Å². The van der Waals surface area contributed by atoms with Crippen LogP contribution in [0, 0.1) is 0 Å². The third-order valence-electron chi connectivity index (χ3n) is 2.90. The van der Waals surface area contributed by atoms with Crippen molar-refractivity contribution in [3.8, 4) is 17.0 Å². The van der Waals surface area contributed by atoms with Gasteiger partial charge in [-0.3, -0.25) is 4.98 Å². The number of halogens is 1. The molecule has 0 amide bonds. The number of hydrogen-bond donors (Lipinski definition) is 0. The topological polar surface area (TPSA) is 47.9 Å². The van der Waals surface area contributed by atoms with E-state index in [4.69, 9.17) is 16.3 Å². The van der Waals surface area contributed by atoms with Gasteiger partial charge >= 0.3 is 0 Å². The van der Waals surface area contributed by atoms with Crippen molar-refractivity contribution in [1.29, 1.82) is 0 Å². The largest absolute Gasteiger partial charge is 0.491 e. The van der Waals surface area contributed by atoms with Gasteiger partial charge in [0.1, 0.15) is 12.0 Å². The van der Waals surface area contributed by atoms with Crippen LogP contribution < -0.4 is 4.74 Å². The van der Waals surface area contributed by atoms with E-state index in [1.165, 1.54) is 6.33 Å². The van der Waals surface area contributed by atoms with Crippen molar-refractivity contribution in [1.82, 2.24) is 15.0 Å². The Balaban J connectivity index is 2.34. The van der Waals surface area contributed by atoms with Crippen molar-refractivity contribution in [2.45, 2.75) is 0 Å². The molecule has 3 rings (SSSR count). The van der Waals surface area contributed by atoms with Gasteiger partial charge in [-0.15, -0.1) is 0 Å². The fourth-order valence-electron chi connectivity index (χ4n) is 2.05. The number of rotatable bonds is 2. The van der Waals surface area contributed by atoms with Gasteiger partial charge in [0, 0.05) is 23.3 Å². The summed E-state index contributed by atoms with van der Waals surface area (Å²) in [5.41, 5.74) is 1.63. The van der Waals surface area contributed by atoms with Crippen molar-refractivity contribution >= 4 is 22.4 Å². The van der Waals surface area contributed by atoms with Crippen LogP contribution >= 0.6 is 11.6 Å². The molecule has 2 aromatic heterocycles. The van der Waals surface area contributed by atoms with E-state index in [0.29, 0.717) is 16.6 Å². The molecule has 0 aliphatic heterocycles. The van der Waals surface area contributed by atoms with Crippen LogP contribution in [0.4, 0.5) is 0 Å². The first kappa shape index (κ1) is 11.9. The predicted molar refractivity (Wildman–Crippen MR) is 74.3 cm³/mol. The summed E-state index contributed by atoms with van der Waals surface area (Å²) < 4.78 is 5.31. The Bertz CT molecular complexity index is 740. The van der Waals surface area contributed by atoms with Gasteiger partial charge in [-0.05, 0) is 11.5 Å². The van der Waals surface area contributed by atoms with Crippen LogP contribution in [0.25, 0.3) is 22.0 Å². The van der Waals surface area contributed by atoms with E-state index in [1.807, 2.05) is 30.5 Å². The lowest BCUT2D eigenvalue weighted by molar-refractivity contribution is 0.413. The molecule has 4 nitrogen and oxygen atoms in total. The van der Waals surface area contributed by atoms with Gasteiger partial charge < -0.3 is 4.74 Å². The number of hydrogen-bond acceptors (Lipinski definition) is 4. The Labute approximate surface area is 115 Å². The van der Waals surface area contributed by atoms with Gasteiger partial charge in [-0.2, -0.15) is 0 Å². The molecule has 0 aliphatic carbocycles. The van der Waals surface area contributed by atoms with Crippen molar-refractivity contribution < 1.29 is 4.74 Å². The third-order valence-corrected chi connectivity index (χ3v) is 3.17. The number of pyridine rings is 1. The summed E-state index contributed by atoms with van der Waals surface area (Å²) in [4.78, 5) is 12.3. The highest BCUT2D eigenvalue weighted by molar-refractivity contribution is 6.31. The minimum Gasteiger partial charge on any atom is -0.491 e. The molecule has 0 N–H and O–H groups in total. The highest BCUT2D eigenvalue weighted by Gasteiger charge is 2.14. The van der Waals surface area contributed by atoms with Gasteiger partial charge in [-0.25, -0.2) is 9.97 Å². The summed E-state index contributed by atoms with van der Waals surface area (Å²) in [6.07, 6.45) is 5.00. The number of ether oxygens (including phenoxy) is 1. The van der Waals surface area contributed by atoms with Crippen LogP contribution in [0.15, 0.2) is 43.0 Å². The SMILES string of the molecule is COc1c(Cl)ncnc1-c1cccc2cnccc12. The zero-order valence-corrected chi connectivity index (χ0v) is 10.9. The maximum absolute atomic E-state index is 6.04. The average Bonchev–Trinajstić information content (AvgIpc) is 2.46. The highest BCUT2D eigenvalue weighted by Crippen LogP contribution is 2.35. The summed E-state index contributed by atoms with van der Waals surface area (Å²) in [5.74, 6) is 0.480. The van der Waals surface area contributed by atoms with Crippen LogP contribution in [0.3, 0.4) is 0 Å². The van der Waals surface area contributed by atoms with Gasteiger partial charge in [0.2, 0.25) is 0 Å². The molecule has 2 heterocycles. The van der Waals surface area contributed by atoms with Crippen LogP contribution in [-0.2, 0) is 0 Å². The first-order chi connectivity index (χ1) is 9.31. The first-order valence-corrected chi connectivity index (χ1v) is 6.06. The van der Waals surface area contributed by atoms with E-state index in [0.717, 1.165) is 16.3 Å². The maximum atomic E-state index is 6.04. The smallest absolute Gasteiger partial charge is 0.182 e. The lowest BCUT2D eigenvalue weighted by Gasteiger charge is -2.10. The Kier molecular flexibility index (Phi) is 3.01. The molecular weight excluding hydrogens is 262 g/mol. The summed E-state index contributed by atoms with van der Waals surface area (Å²) >= 11 is 6.04. The predicted octanol–water partition coefficient (Wildman–Crippen LogP) is 3.35. The molecule has 0 saturated heterocycles. The number of benzene rings is 1. The minimum absolute atomic E-state index is 0.304. The van der Waals surface area contributed by atoms with E-state index >= 15 is 0 Å². The fourth-order valence-corrected chi connectivity index (χ4v) is 2.26. The highest BCUT2D eigenvalue weighted by atomic mass is 35.5. The van der Waals surface area contributed by atoms with E-state index < -0.39 is 0 Å². The first-order valence-electron chi connectivity index (χ1n) is 5.69. The monoisotopic (exact) mass is 271 g/mol. The number of fused-ring (bicyclic) bond motifs is 1. The van der Waals surface area contributed by atoms with Crippen LogP contribution in [-0.4, -0.2) is 22.1 Å².